The van der Waals surface area contributed by atoms with Crippen molar-refractivity contribution in [3.63, 3.8) is 0 Å². The SMILES string of the molecule is CN=c1ccn2c(c1)NC(c1ccc(OC(F)F)cc1)C2. The Bertz CT molecular complexity index is 695. The lowest BCUT2D eigenvalue weighted by atomic mass is 10.1. The molecular weight excluding hydrogens is 276 g/mol. The van der Waals surface area contributed by atoms with E-state index in [1.54, 1.807) is 31.3 Å². The lowest BCUT2D eigenvalue weighted by molar-refractivity contribution is -0.0498. The van der Waals surface area contributed by atoms with E-state index in [0.29, 0.717) is 0 Å². The molecule has 6 heteroatoms. The van der Waals surface area contributed by atoms with Crippen LogP contribution in [0, 0.1) is 0 Å². The van der Waals surface area contributed by atoms with Crippen LogP contribution in [-0.2, 0) is 6.54 Å². The number of nitrogens with zero attached hydrogens (tertiary/aromatic N) is 2. The Labute approximate surface area is 120 Å². The number of nitrogens with one attached hydrogen (secondary N) is 1. The fourth-order valence-corrected chi connectivity index (χ4v) is 2.43. The van der Waals surface area contributed by atoms with Gasteiger partial charge in [-0.05, 0) is 23.8 Å². The summed E-state index contributed by atoms with van der Waals surface area (Å²) in [4.78, 5) is 4.14. The Morgan fingerprint density at radius 2 is 2.05 bits per heavy atom. The van der Waals surface area contributed by atoms with Crippen molar-refractivity contribution in [2.75, 3.05) is 12.4 Å². The smallest absolute Gasteiger partial charge is 0.387 e. The molecule has 110 valence electrons. The maximum atomic E-state index is 12.1. The van der Waals surface area contributed by atoms with E-state index >= 15 is 0 Å². The van der Waals surface area contributed by atoms with Gasteiger partial charge in [0.15, 0.2) is 0 Å². The molecule has 1 N–H and O–H groups in total. The Balaban J connectivity index is 1.78. The quantitative estimate of drug-likeness (QED) is 0.944. The molecule has 0 spiro atoms. The molecule has 0 amide bonds. The molecule has 0 radical (unpaired) electrons. The first kappa shape index (κ1) is 13.6. The summed E-state index contributed by atoms with van der Waals surface area (Å²) in [6, 6.07) is 10.8. The second-order valence-corrected chi connectivity index (χ2v) is 4.79. The van der Waals surface area contributed by atoms with Crippen LogP contribution in [0.15, 0.2) is 47.6 Å². The lowest BCUT2D eigenvalue weighted by Gasteiger charge is -2.11. The summed E-state index contributed by atoms with van der Waals surface area (Å²) in [5, 5.41) is 4.31. The molecule has 2 aromatic rings. The van der Waals surface area contributed by atoms with Crippen LogP contribution in [0.5, 0.6) is 5.75 Å². The number of anilines is 1. The molecule has 1 aromatic heterocycles. The monoisotopic (exact) mass is 291 g/mol. The van der Waals surface area contributed by atoms with Gasteiger partial charge in [-0.15, -0.1) is 0 Å². The van der Waals surface area contributed by atoms with Gasteiger partial charge in [0.1, 0.15) is 11.6 Å². The molecule has 1 aromatic carbocycles. The number of ether oxygens (including phenoxy) is 1. The van der Waals surface area contributed by atoms with Crippen molar-refractivity contribution in [2.45, 2.75) is 19.2 Å². The van der Waals surface area contributed by atoms with Crippen LogP contribution in [0.3, 0.4) is 0 Å². The van der Waals surface area contributed by atoms with Crippen LogP contribution >= 0.6 is 0 Å². The molecule has 0 saturated carbocycles. The minimum atomic E-state index is -2.79. The van der Waals surface area contributed by atoms with Crippen LogP contribution in [-0.4, -0.2) is 18.2 Å². The summed E-state index contributed by atoms with van der Waals surface area (Å²) >= 11 is 0. The molecule has 0 saturated heterocycles. The van der Waals surface area contributed by atoms with Crippen molar-refractivity contribution >= 4 is 5.82 Å². The number of benzene rings is 1. The van der Waals surface area contributed by atoms with Crippen molar-refractivity contribution < 1.29 is 13.5 Å². The third kappa shape index (κ3) is 2.89. The van der Waals surface area contributed by atoms with Crippen molar-refractivity contribution in [3.8, 4) is 5.75 Å². The minimum Gasteiger partial charge on any atom is -0.435 e. The van der Waals surface area contributed by atoms with E-state index in [9.17, 15) is 8.78 Å². The highest BCUT2D eigenvalue weighted by Crippen LogP contribution is 2.28. The van der Waals surface area contributed by atoms with Gasteiger partial charge in [0, 0.05) is 25.9 Å². The van der Waals surface area contributed by atoms with E-state index in [2.05, 4.69) is 19.6 Å². The summed E-state index contributed by atoms with van der Waals surface area (Å²) in [5.41, 5.74) is 1.02. The molecule has 3 rings (SSSR count). The largest absolute Gasteiger partial charge is 0.435 e. The average molecular weight is 291 g/mol. The van der Waals surface area contributed by atoms with E-state index in [4.69, 9.17) is 0 Å². The summed E-state index contributed by atoms with van der Waals surface area (Å²) in [6.07, 6.45) is 1.99. The van der Waals surface area contributed by atoms with Crippen molar-refractivity contribution in [3.05, 3.63) is 53.5 Å². The topological polar surface area (TPSA) is 38.5 Å². The van der Waals surface area contributed by atoms with Gasteiger partial charge < -0.3 is 14.6 Å². The van der Waals surface area contributed by atoms with Crippen LogP contribution in [0.1, 0.15) is 11.6 Å². The predicted octanol–water partition coefficient (Wildman–Crippen LogP) is 2.79. The number of aromatic nitrogens is 1. The first-order valence-corrected chi connectivity index (χ1v) is 6.60. The lowest BCUT2D eigenvalue weighted by Crippen LogP contribution is -2.07. The minimum absolute atomic E-state index is 0.109. The highest BCUT2D eigenvalue weighted by Gasteiger charge is 2.20. The predicted molar refractivity (Wildman–Crippen MR) is 75.4 cm³/mol. The number of halogens is 2. The highest BCUT2D eigenvalue weighted by atomic mass is 19.3. The average Bonchev–Trinajstić information content (AvgIpc) is 2.90. The Morgan fingerprint density at radius 1 is 1.29 bits per heavy atom. The summed E-state index contributed by atoms with van der Waals surface area (Å²) in [5.74, 6) is 1.17. The Morgan fingerprint density at radius 3 is 2.71 bits per heavy atom. The fourth-order valence-electron chi connectivity index (χ4n) is 2.43. The molecule has 1 aliphatic rings. The van der Waals surface area contributed by atoms with Crippen LogP contribution < -0.4 is 15.4 Å². The van der Waals surface area contributed by atoms with Crippen LogP contribution in [0.2, 0.25) is 0 Å². The molecule has 0 bridgehead atoms. The normalized spacial score (nSPS) is 17.7. The van der Waals surface area contributed by atoms with Crippen LogP contribution in [0.4, 0.5) is 14.6 Å². The zero-order valence-corrected chi connectivity index (χ0v) is 11.5. The van der Waals surface area contributed by atoms with Gasteiger partial charge >= 0.3 is 6.61 Å². The molecule has 21 heavy (non-hydrogen) atoms. The molecule has 1 unspecified atom stereocenters. The Hall–Kier alpha value is -2.37. The first-order valence-electron chi connectivity index (χ1n) is 6.60. The first-order chi connectivity index (χ1) is 10.2. The fraction of sp³-hybridized carbons (Fsp3) is 0.267. The van der Waals surface area contributed by atoms with Gasteiger partial charge in [-0.2, -0.15) is 8.78 Å². The van der Waals surface area contributed by atoms with E-state index in [1.807, 2.05) is 18.3 Å². The zero-order valence-electron chi connectivity index (χ0n) is 11.5. The molecule has 2 heterocycles. The van der Waals surface area contributed by atoms with Crippen molar-refractivity contribution in [1.29, 1.82) is 0 Å². The Kier molecular flexibility index (Phi) is 3.60. The van der Waals surface area contributed by atoms with Crippen LogP contribution in [0.25, 0.3) is 0 Å². The van der Waals surface area contributed by atoms with E-state index in [1.165, 1.54) is 0 Å². The number of pyridine rings is 1. The molecule has 1 atom stereocenters. The highest BCUT2D eigenvalue weighted by molar-refractivity contribution is 5.44. The maximum Gasteiger partial charge on any atom is 0.387 e. The molecule has 0 fully saturated rings. The zero-order chi connectivity index (χ0) is 14.8. The summed E-state index contributed by atoms with van der Waals surface area (Å²) in [6.45, 7) is -2.01. The van der Waals surface area contributed by atoms with E-state index in [0.717, 1.165) is 23.3 Å². The van der Waals surface area contributed by atoms with Gasteiger partial charge in [-0.3, -0.25) is 4.99 Å². The second-order valence-electron chi connectivity index (χ2n) is 4.79. The molecule has 1 aliphatic heterocycles. The summed E-state index contributed by atoms with van der Waals surface area (Å²) in [7, 11) is 1.75. The number of hydrogen-bond donors (Lipinski definition) is 1. The van der Waals surface area contributed by atoms with Gasteiger partial charge in [0.2, 0.25) is 0 Å². The van der Waals surface area contributed by atoms with Crippen molar-refractivity contribution in [1.82, 2.24) is 4.57 Å². The van der Waals surface area contributed by atoms with Gasteiger partial charge in [-0.1, -0.05) is 12.1 Å². The molecule has 4 nitrogen and oxygen atoms in total. The number of alkyl halides is 2. The number of rotatable bonds is 3. The standard InChI is InChI=1S/C15H15F2N3O/c1-18-11-6-7-20-9-13(19-14(20)8-11)10-2-4-12(5-3-10)21-15(16)17/h2-8,13,15,19H,9H2,1H3. The van der Waals surface area contributed by atoms with Gasteiger partial charge in [0.25, 0.3) is 0 Å². The van der Waals surface area contributed by atoms with Gasteiger partial charge in [0.05, 0.1) is 11.4 Å². The second kappa shape index (κ2) is 5.55. The van der Waals surface area contributed by atoms with E-state index in [-0.39, 0.29) is 11.8 Å². The maximum absolute atomic E-state index is 12.1. The molecule has 0 aliphatic carbocycles. The number of hydrogen-bond acceptors (Lipinski definition) is 3. The number of fused-ring (bicyclic) bond motifs is 1. The van der Waals surface area contributed by atoms with Crippen molar-refractivity contribution in [2.24, 2.45) is 4.99 Å². The third-order valence-electron chi connectivity index (χ3n) is 3.49. The summed E-state index contributed by atoms with van der Waals surface area (Å²) < 4.78 is 30.7. The van der Waals surface area contributed by atoms with E-state index < -0.39 is 6.61 Å². The van der Waals surface area contributed by atoms with Gasteiger partial charge in [-0.25, -0.2) is 0 Å². The molecular formula is C15H15F2N3O. The third-order valence-corrected chi connectivity index (χ3v) is 3.49.